The summed E-state index contributed by atoms with van der Waals surface area (Å²) in [5.74, 6) is 0.955. The van der Waals surface area contributed by atoms with Crippen molar-refractivity contribution in [2.24, 2.45) is 10.4 Å². The maximum atomic E-state index is 11.7. The average molecular weight is 438 g/mol. The zero-order chi connectivity index (χ0) is 16.0. The highest BCUT2D eigenvalue weighted by atomic mass is 127. The van der Waals surface area contributed by atoms with Crippen LogP contribution in [-0.4, -0.2) is 68.2 Å². The second-order valence-electron chi connectivity index (χ2n) is 6.59. The molecule has 7 heteroatoms. The van der Waals surface area contributed by atoms with Gasteiger partial charge in [0.15, 0.2) is 5.96 Å². The molecule has 1 saturated carbocycles. The van der Waals surface area contributed by atoms with E-state index in [1.54, 1.807) is 4.90 Å². The van der Waals surface area contributed by atoms with Gasteiger partial charge in [0.2, 0.25) is 0 Å². The van der Waals surface area contributed by atoms with Gasteiger partial charge in [0.25, 0.3) is 0 Å². The summed E-state index contributed by atoms with van der Waals surface area (Å²) in [6, 6.07) is 0. The largest absolute Gasteiger partial charge is 0.450 e. The highest BCUT2D eigenvalue weighted by molar-refractivity contribution is 14.0. The van der Waals surface area contributed by atoms with Gasteiger partial charge in [0, 0.05) is 39.8 Å². The van der Waals surface area contributed by atoms with Crippen molar-refractivity contribution < 1.29 is 9.53 Å². The van der Waals surface area contributed by atoms with E-state index in [-0.39, 0.29) is 30.1 Å². The lowest BCUT2D eigenvalue weighted by Crippen LogP contribution is -2.54. The summed E-state index contributed by atoms with van der Waals surface area (Å²) >= 11 is 0. The van der Waals surface area contributed by atoms with E-state index in [1.165, 1.54) is 25.7 Å². The maximum absolute atomic E-state index is 11.7. The molecule has 0 aromatic heterocycles. The molecule has 2 rings (SSSR count). The van der Waals surface area contributed by atoms with E-state index in [0.29, 0.717) is 25.1 Å². The van der Waals surface area contributed by atoms with Gasteiger partial charge in [0.1, 0.15) is 0 Å². The van der Waals surface area contributed by atoms with Crippen LogP contribution in [0.2, 0.25) is 0 Å². The molecule has 0 aromatic carbocycles. The Labute approximate surface area is 157 Å². The van der Waals surface area contributed by atoms with E-state index < -0.39 is 0 Å². The Balaban J connectivity index is 0.00000264. The number of ether oxygens (including phenoxy) is 1. The maximum Gasteiger partial charge on any atom is 0.409 e. The molecule has 1 aliphatic heterocycles. The van der Waals surface area contributed by atoms with Crippen molar-refractivity contribution in [1.82, 2.24) is 15.1 Å². The summed E-state index contributed by atoms with van der Waals surface area (Å²) in [5.41, 5.74) is 0.405. The Morgan fingerprint density at radius 3 is 2.26 bits per heavy atom. The molecular weight excluding hydrogens is 407 g/mol. The molecule has 0 unspecified atom stereocenters. The normalized spacial score (nSPS) is 20.9. The first-order chi connectivity index (χ1) is 10.6. The quantitative estimate of drug-likeness (QED) is 0.418. The summed E-state index contributed by atoms with van der Waals surface area (Å²) in [7, 11) is 1.83. The molecule has 0 spiro atoms. The van der Waals surface area contributed by atoms with Gasteiger partial charge in [-0.15, -0.1) is 24.0 Å². The van der Waals surface area contributed by atoms with Crippen LogP contribution in [-0.2, 0) is 4.74 Å². The fourth-order valence-electron chi connectivity index (χ4n) is 3.35. The molecule has 134 valence electrons. The molecule has 1 amide bonds. The first-order valence-electron chi connectivity index (χ1n) is 8.45. The Bertz CT molecular complexity index is 403. The van der Waals surface area contributed by atoms with Crippen LogP contribution >= 0.6 is 24.0 Å². The SMILES string of the molecule is CCOC(=O)N1CCN(C(=NC)NCC2(C)CCCC2)CC1.I. The fraction of sp³-hybridized carbons (Fsp3) is 0.875. The van der Waals surface area contributed by atoms with Crippen LogP contribution in [0, 0.1) is 5.41 Å². The van der Waals surface area contributed by atoms with Gasteiger partial charge in [-0.05, 0) is 25.2 Å². The topological polar surface area (TPSA) is 57.2 Å². The minimum atomic E-state index is -0.205. The molecule has 0 bridgehead atoms. The van der Waals surface area contributed by atoms with Gasteiger partial charge >= 0.3 is 6.09 Å². The minimum Gasteiger partial charge on any atom is -0.450 e. The van der Waals surface area contributed by atoms with Crippen LogP contribution < -0.4 is 5.32 Å². The summed E-state index contributed by atoms with van der Waals surface area (Å²) < 4.78 is 5.05. The Hall–Kier alpha value is -0.730. The van der Waals surface area contributed by atoms with Crippen LogP contribution in [0.1, 0.15) is 39.5 Å². The van der Waals surface area contributed by atoms with Crippen LogP contribution in [0.25, 0.3) is 0 Å². The monoisotopic (exact) mass is 438 g/mol. The smallest absolute Gasteiger partial charge is 0.409 e. The van der Waals surface area contributed by atoms with Crippen LogP contribution in [0.15, 0.2) is 4.99 Å². The lowest BCUT2D eigenvalue weighted by atomic mass is 9.89. The number of rotatable bonds is 3. The van der Waals surface area contributed by atoms with Crippen molar-refractivity contribution in [3.05, 3.63) is 0 Å². The molecule has 0 aromatic rings. The third-order valence-corrected chi connectivity index (χ3v) is 4.80. The zero-order valence-corrected chi connectivity index (χ0v) is 17.0. The first kappa shape index (κ1) is 20.3. The van der Waals surface area contributed by atoms with E-state index in [1.807, 2.05) is 14.0 Å². The Morgan fingerprint density at radius 1 is 1.17 bits per heavy atom. The average Bonchev–Trinajstić information content (AvgIpc) is 2.96. The number of carbonyl (C=O) groups is 1. The van der Waals surface area contributed by atoms with Gasteiger partial charge in [-0.25, -0.2) is 4.79 Å². The number of hydrogen-bond acceptors (Lipinski definition) is 3. The predicted molar refractivity (Wildman–Crippen MR) is 104 cm³/mol. The highest BCUT2D eigenvalue weighted by Crippen LogP contribution is 2.36. The van der Waals surface area contributed by atoms with Gasteiger partial charge in [-0.1, -0.05) is 19.8 Å². The van der Waals surface area contributed by atoms with E-state index in [0.717, 1.165) is 25.6 Å². The van der Waals surface area contributed by atoms with E-state index in [4.69, 9.17) is 4.74 Å². The number of piperazine rings is 1. The molecule has 2 aliphatic rings. The number of halogens is 1. The number of nitrogens with zero attached hydrogens (tertiary/aromatic N) is 3. The van der Waals surface area contributed by atoms with Crippen LogP contribution in [0.4, 0.5) is 4.79 Å². The summed E-state index contributed by atoms with van der Waals surface area (Å²) in [4.78, 5) is 20.1. The molecular formula is C16H31IN4O2. The van der Waals surface area contributed by atoms with Crippen molar-refractivity contribution in [1.29, 1.82) is 0 Å². The van der Waals surface area contributed by atoms with Crippen LogP contribution in [0.3, 0.4) is 0 Å². The summed E-state index contributed by atoms with van der Waals surface area (Å²) in [5, 5.41) is 3.53. The van der Waals surface area contributed by atoms with E-state index in [2.05, 4.69) is 22.1 Å². The predicted octanol–water partition coefficient (Wildman–Crippen LogP) is 2.53. The van der Waals surface area contributed by atoms with Gasteiger partial charge in [-0.2, -0.15) is 0 Å². The number of nitrogens with one attached hydrogen (secondary N) is 1. The van der Waals surface area contributed by atoms with Crippen LogP contribution in [0.5, 0.6) is 0 Å². The highest BCUT2D eigenvalue weighted by Gasteiger charge is 2.30. The number of aliphatic imine (C=N–C) groups is 1. The standard InChI is InChI=1S/C16H30N4O2.HI/c1-4-22-15(21)20-11-9-19(10-12-20)14(17-3)18-13-16(2)7-5-6-8-16;/h4-13H2,1-3H3,(H,17,18);1H. The molecule has 0 radical (unpaired) electrons. The van der Waals surface area contributed by atoms with Gasteiger partial charge in [-0.3, -0.25) is 4.99 Å². The summed E-state index contributed by atoms with van der Waals surface area (Å²) in [6.45, 7) is 8.60. The van der Waals surface area contributed by atoms with Gasteiger partial charge < -0.3 is 19.9 Å². The Kier molecular flexibility index (Phi) is 8.42. The number of carbonyl (C=O) groups excluding carboxylic acids is 1. The van der Waals surface area contributed by atoms with Gasteiger partial charge in [0.05, 0.1) is 6.61 Å². The molecule has 0 atom stereocenters. The lowest BCUT2D eigenvalue weighted by molar-refractivity contribution is 0.0913. The minimum absolute atomic E-state index is 0. The summed E-state index contributed by atoms with van der Waals surface area (Å²) in [6.07, 6.45) is 5.08. The molecule has 1 saturated heterocycles. The molecule has 2 fully saturated rings. The molecule has 6 nitrogen and oxygen atoms in total. The molecule has 1 heterocycles. The number of hydrogen-bond donors (Lipinski definition) is 1. The van der Waals surface area contributed by atoms with E-state index in [9.17, 15) is 4.79 Å². The van der Waals surface area contributed by atoms with Crippen molar-refractivity contribution in [2.45, 2.75) is 39.5 Å². The zero-order valence-electron chi connectivity index (χ0n) is 14.6. The second-order valence-corrected chi connectivity index (χ2v) is 6.59. The Morgan fingerprint density at radius 2 is 1.74 bits per heavy atom. The number of amides is 1. The van der Waals surface area contributed by atoms with Crippen molar-refractivity contribution >= 4 is 36.0 Å². The second kappa shape index (κ2) is 9.54. The fourth-order valence-corrected chi connectivity index (χ4v) is 3.35. The molecule has 1 aliphatic carbocycles. The third kappa shape index (κ3) is 5.69. The third-order valence-electron chi connectivity index (χ3n) is 4.80. The molecule has 1 N–H and O–H groups in total. The first-order valence-corrected chi connectivity index (χ1v) is 8.45. The van der Waals surface area contributed by atoms with Crippen molar-refractivity contribution in [3.63, 3.8) is 0 Å². The lowest BCUT2D eigenvalue weighted by Gasteiger charge is -2.37. The molecule has 23 heavy (non-hydrogen) atoms. The van der Waals surface area contributed by atoms with E-state index >= 15 is 0 Å². The van der Waals surface area contributed by atoms with Crippen molar-refractivity contribution in [2.75, 3.05) is 46.4 Å². The number of guanidine groups is 1. The van der Waals surface area contributed by atoms with Crippen molar-refractivity contribution in [3.8, 4) is 0 Å².